The number of amides is 1. The Hall–Kier alpha value is -3.61. The number of methoxy groups -OCH3 is 1. The molecule has 0 aliphatic carbocycles. The lowest BCUT2D eigenvalue weighted by atomic mass is 10.1. The summed E-state index contributed by atoms with van der Waals surface area (Å²) in [6.45, 7) is 2.81. The van der Waals surface area contributed by atoms with Gasteiger partial charge in [0, 0.05) is 18.1 Å². The van der Waals surface area contributed by atoms with E-state index in [0.717, 1.165) is 17.9 Å². The van der Waals surface area contributed by atoms with Gasteiger partial charge in [-0.3, -0.25) is 4.79 Å². The van der Waals surface area contributed by atoms with Crippen LogP contribution >= 0.6 is 0 Å². The molecule has 0 aliphatic rings. The first-order chi connectivity index (χ1) is 14.2. The molecule has 3 aromatic rings. The molecule has 29 heavy (non-hydrogen) atoms. The van der Waals surface area contributed by atoms with Gasteiger partial charge in [0.05, 0.1) is 19.2 Å². The zero-order valence-electron chi connectivity index (χ0n) is 16.5. The van der Waals surface area contributed by atoms with Crippen molar-refractivity contribution in [2.45, 2.75) is 13.3 Å². The van der Waals surface area contributed by atoms with Crippen molar-refractivity contribution in [1.29, 1.82) is 0 Å². The van der Waals surface area contributed by atoms with E-state index in [2.05, 4.69) is 33.6 Å². The topological polar surface area (TPSA) is 85.4 Å². The number of nitrogens with one attached hydrogen (secondary N) is 2. The first-order valence-corrected chi connectivity index (χ1v) is 9.41. The largest absolute Gasteiger partial charge is 0.497 e. The maximum Gasteiger partial charge on any atom is 0.254 e. The minimum Gasteiger partial charge on any atom is -0.497 e. The Morgan fingerprint density at radius 2 is 1.69 bits per heavy atom. The average Bonchev–Trinajstić information content (AvgIpc) is 2.78. The van der Waals surface area contributed by atoms with Crippen LogP contribution in [0.1, 0.15) is 22.8 Å². The van der Waals surface area contributed by atoms with Crippen LogP contribution in [0.25, 0.3) is 0 Å². The molecule has 1 amide bonds. The molecule has 0 aliphatic heterocycles. The molecule has 3 rings (SSSR count). The molecule has 0 radical (unpaired) electrons. The number of rotatable bonds is 9. The molecule has 1 heterocycles. The van der Waals surface area contributed by atoms with Gasteiger partial charge < -0.3 is 20.1 Å². The Balaban J connectivity index is 1.47. The molecule has 2 N–H and O–H groups in total. The summed E-state index contributed by atoms with van der Waals surface area (Å²) in [5.74, 6) is 1.68. The summed E-state index contributed by atoms with van der Waals surface area (Å²) in [5, 5.41) is 5.98. The third-order valence-corrected chi connectivity index (χ3v) is 4.27. The van der Waals surface area contributed by atoms with E-state index in [1.165, 1.54) is 18.0 Å². The molecule has 0 fully saturated rings. The number of anilines is 2. The Morgan fingerprint density at radius 3 is 2.38 bits per heavy atom. The van der Waals surface area contributed by atoms with Gasteiger partial charge in [-0.2, -0.15) is 0 Å². The second-order valence-corrected chi connectivity index (χ2v) is 6.21. The highest BCUT2D eigenvalue weighted by atomic mass is 16.5. The molecule has 7 nitrogen and oxygen atoms in total. The van der Waals surface area contributed by atoms with Gasteiger partial charge in [0.1, 0.15) is 18.1 Å². The molecular weight excluding hydrogens is 368 g/mol. The molecule has 0 saturated heterocycles. The third kappa shape index (κ3) is 5.68. The van der Waals surface area contributed by atoms with Crippen molar-refractivity contribution in [2.24, 2.45) is 0 Å². The van der Waals surface area contributed by atoms with Crippen molar-refractivity contribution in [1.82, 2.24) is 15.3 Å². The molecule has 0 atom stereocenters. The third-order valence-electron chi connectivity index (χ3n) is 4.27. The number of carbonyl (C=O) groups excluding carboxylic acids is 1. The van der Waals surface area contributed by atoms with Crippen LogP contribution in [0.3, 0.4) is 0 Å². The standard InChI is InChI=1S/C22H24N4O3/c1-3-16-6-4-5-7-20(16)26-22-24-14-17(15-25-22)21(27)23-12-13-29-19-10-8-18(28-2)9-11-19/h4-11,14-15H,3,12-13H2,1-2H3,(H,23,27)(H,24,25,26). The monoisotopic (exact) mass is 392 g/mol. The predicted octanol–water partition coefficient (Wildman–Crippen LogP) is 3.60. The van der Waals surface area contributed by atoms with Gasteiger partial charge in [0.15, 0.2) is 0 Å². The average molecular weight is 392 g/mol. The number of carbonyl (C=O) groups is 1. The summed E-state index contributed by atoms with van der Waals surface area (Å²) >= 11 is 0. The SMILES string of the molecule is CCc1ccccc1Nc1ncc(C(=O)NCCOc2ccc(OC)cc2)cn1. The lowest BCUT2D eigenvalue weighted by Crippen LogP contribution is -2.28. The van der Waals surface area contributed by atoms with E-state index < -0.39 is 0 Å². The number of ether oxygens (including phenoxy) is 2. The van der Waals surface area contributed by atoms with Gasteiger partial charge in [-0.15, -0.1) is 0 Å². The molecular formula is C22H24N4O3. The highest BCUT2D eigenvalue weighted by molar-refractivity contribution is 5.93. The van der Waals surface area contributed by atoms with Crippen LogP contribution in [0.5, 0.6) is 11.5 Å². The minimum absolute atomic E-state index is 0.246. The van der Waals surface area contributed by atoms with E-state index >= 15 is 0 Å². The lowest BCUT2D eigenvalue weighted by molar-refractivity contribution is 0.0946. The zero-order chi connectivity index (χ0) is 20.5. The highest BCUT2D eigenvalue weighted by Crippen LogP contribution is 2.19. The first kappa shape index (κ1) is 20.1. The summed E-state index contributed by atoms with van der Waals surface area (Å²) in [7, 11) is 1.61. The van der Waals surface area contributed by atoms with Crippen molar-refractivity contribution in [2.75, 3.05) is 25.6 Å². The van der Waals surface area contributed by atoms with Gasteiger partial charge in [0.25, 0.3) is 5.91 Å². The van der Waals surface area contributed by atoms with Gasteiger partial charge in [0.2, 0.25) is 5.95 Å². The fourth-order valence-electron chi connectivity index (χ4n) is 2.69. The summed E-state index contributed by atoms with van der Waals surface area (Å²) < 4.78 is 10.7. The van der Waals surface area contributed by atoms with E-state index in [1.807, 2.05) is 42.5 Å². The summed E-state index contributed by atoms with van der Waals surface area (Å²) in [5.41, 5.74) is 2.53. The normalized spacial score (nSPS) is 10.3. The maximum atomic E-state index is 12.2. The van der Waals surface area contributed by atoms with Crippen LogP contribution in [0.15, 0.2) is 60.9 Å². The van der Waals surface area contributed by atoms with E-state index in [4.69, 9.17) is 9.47 Å². The van der Waals surface area contributed by atoms with Crippen LogP contribution < -0.4 is 20.1 Å². The smallest absolute Gasteiger partial charge is 0.254 e. The second kappa shape index (κ2) is 10.1. The summed E-state index contributed by atoms with van der Waals surface area (Å²) in [6, 6.07) is 15.3. The van der Waals surface area contributed by atoms with E-state index in [-0.39, 0.29) is 5.91 Å². The van der Waals surface area contributed by atoms with Gasteiger partial charge in [-0.1, -0.05) is 25.1 Å². The quantitative estimate of drug-likeness (QED) is 0.541. The molecule has 2 aromatic carbocycles. The first-order valence-electron chi connectivity index (χ1n) is 9.41. The van der Waals surface area contributed by atoms with Crippen molar-refractivity contribution in [3.05, 3.63) is 72.1 Å². The van der Waals surface area contributed by atoms with Crippen LogP contribution in [-0.4, -0.2) is 36.1 Å². The fourth-order valence-corrected chi connectivity index (χ4v) is 2.69. The molecule has 1 aromatic heterocycles. The van der Waals surface area contributed by atoms with Crippen molar-refractivity contribution >= 4 is 17.5 Å². The van der Waals surface area contributed by atoms with Crippen molar-refractivity contribution < 1.29 is 14.3 Å². The number of hydrogen-bond donors (Lipinski definition) is 2. The van der Waals surface area contributed by atoms with E-state index in [1.54, 1.807) is 7.11 Å². The number of aryl methyl sites for hydroxylation is 1. The number of benzene rings is 2. The van der Waals surface area contributed by atoms with Crippen LogP contribution in [0, 0.1) is 0 Å². The second-order valence-electron chi connectivity index (χ2n) is 6.21. The summed E-state index contributed by atoms with van der Waals surface area (Å²) in [6.07, 6.45) is 3.91. The zero-order valence-corrected chi connectivity index (χ0v) is 16.5. The number of hydrogen-bond acceptors (Lipinski definition) is 6. The number of nitrogens with zero attached hydrogens (tertiary/aromatic N) is 2. The van der Waals surface area contributed by atoms with E-state index in [9.17, 15) is 4.79 Å². The van der Waals surface area contributed by atoms with Crippen molar-refractivity contribution in [3.63, 3.8) is 0 Å². The molecule has 0 saturated carbocycles. The lowest BCUT2D eigenvalue weighted by Gasteiger charge is -2.10. The Bertz CT molecular complexity index is 928. The van der Waals surface area contributed by atoms with Gasteiger partial charge >= 0.3 is 0 Å². The highest BCUT2D eigenvalue weighted by Gasteiger charge is 2.08. The molecule has 7 heteroatoms. The summed E-state index contributed by atoms with van der Waals surface area (Å²) in [4.78, 5) is 20.7. The van der Waals surface area contributed by atoms with E-state index in [0.29, 0.717) is 30.4 Å². The molecule has 0 unspecified atom stereocenters. The maximum absolute atomic E-state index is 12.2. The number of aromatic nitrogens is 2. The Morgan fingerprint density at radius 1 is 1.00 bits per heavy atom. The molecule has 0 spiro atoms. The molecule has 150 valence electrons. The van der Waals surface area contributed by atoms with Gasteiger partial charge in [-0.05, 0) is 42.3 Å². The Labute approximate surface area is 170 Å². The number of para-hydroxylation sites is 1. The van der Waals surface area contributed by atoms with Crippen LogP contribution in [-0.2, 0) is 6.42 Å². The molecule has 0 bridgehead atoms. The van der Waals surface area contributed by atoms with Crippen LogP contribution in [0.2, 0.25) is 0 Å². The fraction of sp³-hybridized carbons (Fsp3) is 0.227. The van der Waals surface area contributed by atoms with Crippen LogP contribution in [0.4, 0.5) is 11.6 Å². The Kier molecular flexibility index (Phi) is 7.00. The van der Waals surface area contributed by atoms with Gasteiger partial charge in [-0.25, -0.2) is 9.97 Å². The minimum atomic E-state index is -0.246. The predicted molar refractivity (Wildman–Crippen MR) is 112 cm³/mol. The van der Waals surface area contributed by atoms with Crippen molar-refractivity contribution in [3.8, 4) is 11.5 Å².